The van der Waals surface area contributed by atoms with Crippen LogP contribution >= 0.6 is 11.6 Å². The lowest BCUT2D eigenvalue weighted by molar-refractivity contribution is -0.136. The average Bonchev–Trinajstić information content (AvgIpc) is 3.31. The summed E-state index contributed by atoms with van der Waals surface area (Å²) in [7, 11) is 2.07. The minimum Gasteiger partial charge on any atom is -0.478 e. The summed E-state index contributed by atoms with van der Waals surface area (Å²) < 4.78 is 15.8. The van der Waals surface area contributed by atoms with E-state index in [1.807, 2.05) is 6.07 Å². The molecule has 1 heterocycles. The monoisotopic (exact) mass is 561 g/mol. The second-order valence-electron chi connectivity index (χ2n) is 8.66. The molecule has 10 nitrogen and oxygen atoms in total. The lowest BCUT2D eigenvalue weighted by Gasteiger charge is -2.17. The van der Waals surface area contributed by atoms with E-state index >= 15 is 0 Å². The van der Waals surface area contributed by atoms with Gasteiger partial charge in [-0.05, 0) is 48.7 Å². The molecule has 0 amide bonds. The van der Waals surface area contributed by atoms with E-state index in [1.165, 1.54) is 30.3 Å². The second kappa shape index (κ2) is 10.6. The number of hydrogen-bond acceptors (Lipinski definition) is 8. The van der Waals surface area contributed by atoms with Crippen LogP contribution in [0, 0.1) is 25.2 Å². The van der Waals surface area contributed by atoms with Gasteiger partial charge in [-0.25, -0.2) is 19.2 Å². The van der Waals surface area contributed by atoms with Crippen LogP contribution < -0.4 is 0 Å². The number of carboxylic acids is 2. The van der Waals surface area contributed by atoms with Crippen LogP contribution in [0.4, 0.5) is 0 Å². The zero-order valence-corrected chi connectivity index (χ0v) is 22.3. The predicted molar refractivity (Wildman–Crippen MR) is 144 cm³/mol. The summed E-state index contributed by atoms with van der Waals surface area (Å²) in [5.41, 5.74) is -0.678. The van der Waals surface area contributed by atoms with E-state index < -0.39 is 46.1 Å². The average molecular weight is 562 g/mol. The molecule has 0 atom stereocenters. The number of carboxylic acid groups (broad SMARTS) is 2. The second-order valence-corrected chi connectivity index (χ2v) is 9.07. The molecule has 0 saturated carbocycles. The Bertz CT molecular complexity index is 1840. The van der Waals surface area contributed by atoms with Crippen LogP contribution in [0.15, 0.2) is 40.8 Å². The molecule has 0 fully saturated rings. The van der Waals surface area contributed by atoms with Gasteiger partial charge in [-0.2, -0.15) is 5.26 Å². The van der Waals surface area contributed by atoms with Gasteiger partial charge in [0.1, 0.15) is 11.2 Å². The number of aromatic carboxylic acids is 2. The van der Waals surface area contributed by atoms with Crippen LogP contribution in [0.5, 0.6) is 0 Å². The van der Waals surface area contributed by atoms with Crippen LogP contribution in [0.25, 0.3) is 38.6 Å². The fourth-order valence-electron chi connectivity index (χ4n) is 4.56. The number of carbonyl (C=O) groups excluding carboxylic acids is 2. The summed E-state index contributed by atoms with van der Waals surface area (Å²) in [4.78, 5) is 50.9. The molecule has 0 aliphatic carbocycles. The van der Waals surface area contributed by atoms with E-state index in [2.05, 4.69) is 4.74 Å². The van der Waals surface area contributed by atoms with Crippen LogP contribution in [0.2, 0.25) is 5.02 Å². The van der Waals surface area contributed by atoms with Crippen molar-refractivity contribution in [1.29, 1.82) is 5.26 Å². The molecule has 202 valence electrons. The first-order chi connectivity index (χ1) is 19.0. The van der Waals surface area contributed by atoms with Crippen LogP contribution in [0.3, 0.4) is 0 Å². The molecular formula is C29H20ClNO9. The number of carbonyl (C=O) groups is 4. The molecule has 40 heavy (non-hydrogen) atoms. The molecule has 4 rings (SSSR count). The van der Waals surface area contributed by atoms with Gasteiger partial charge >= 0.3 is 23.9 Å². The van der Waals surface area contributed by atoms with Crippen molar-refractivity contribution in [3.05, 3.63) is 74.8 Å². The molecule has 4 aromatic rings. The minimum atomic E-state index is -1.70. The summed E-state index contributed by atoms with van der Waals surface area (Å²) in [5, 5.41) is 30.6. The highest BCUT2D eigenvalue weighted by molar-refractivity contribution is 6.35. The molecule has 0 saturated heterocycles. The molecule has 3 aromatic carbocycles. The first kappa shape index (κ1) is 27.9. The zero-order valence-electron chi connectivity index (χ0n) is 21.5. The maximum atomic E-state index is 13.0. The number of benzene rings is 3. The Hall–Kier alpha value is -5.14. The number of methoxy groups -OCH3 is 2. The number of nitrogens with zero attached hydrogens (tertiary/aromatic N) is 1. The van der Waals surface area contributed by atoms with Crippen molar-refractivity contribution in [3.8, 4) is 17.2 Å². The molecule has 0 aliphatic heterocycles. The van der Waals surface area contributed by atoms with Crippen molar-refractivity contribution in [2.75, 3.05) is 14.2 Å². The molecule has 0 radical (unpaired) electrons. The number of furan rings is 1. The van der Waals surface area contributed by atoms with Gasteiger partial charge in [-0.1, -0.05) is 23.7 Å². The van der Waals surface area contributed by atoms with Crippen molar-refractivity contribution in [2.45, 2.75) is 13.8 Å². The van der Waals surface area contributed by atoms with Crippen molar-refractivity contribution in [1.82, 2.24) is 0 Å². The summed E-state index contributed by atoms with van der Waals surface area (Å²) in [6, 6.07) is 9.26. The highest BCUT2D eigenvalue weighted by Gasteiger charge is 2.35. The third-order valence-electron chi connectivity index (χ3n) is 6.57. The van der Waals surface area contributed by atoms with Gasteiger partial charge in [-0.15, -0.1) is 0 Å². The largest absolute Gasteiger partial charge is 0.478 e. The number of rotatable bonds is 6. The lowest BCUT2D eigenvalue weighted by atomic mass is 9.84. The minimum absolute atomic E-state index is 0.0160. The molecule has 0 aliphatic rings. The number of esters is 2. The lowest BCUT2D eigenvalue weighted by Crippen LogP contribution is -2.17. The van der Waals surface area contributed by atoms with E-state index in [9.17, 15) is 34.7 Å². The molecule has 11 heteroatoms. The Labute approximate surface area is 231 Å². The van der Waals surface area contributed by atoms with Crippen LogP contribution in [-0.2, 0) is 19.1 Å². The Morgan fingerprint density at radius 1 is 0.925 bits per heavy atom. The van der Waals surface area contributed by atoms with E-state index in [0.29, 0.717) is 16.1 Å². The maximum absolute atomic E-state index is 13.0. The zero-order chi connectivity index (χ0) is 29.5. The highest BCUT2D eigenvalue weighted by Crippen LogP contribution is 2.47. The smallest absolute Gasteiger partial charge is 0.338 e. The van der Waals surface area contributed by atoms with Crippen molar-refractivity contribution in [3.63, 3.8) is 0 Å². The van der Waals surface area contributed by atoms with Gasteiger partial charge in [0.05, 0.1) is 42.6 Å². The highest BCUT2D eigenvalue weighted by atomic mass is 35.5. The summed E-state index contributed by atoms with van der Waals surface area (Å²) in [6.07, 6.45) is 0.724. The van der Waals surface area contributed by atoms with Crippen LogP contribution in [0.1, 0.15) is 43.0 Å². The van der Waals surface area contributed by atoms with E-state index in [0.717, 1.165) is 20.3 Å². The standard InChI is InChI=1S/C29H20ClNO9/c1-12-13(2)25-16(9-18(12)30)22-21(17(29(37)39-4)10-19(32)38-3)24(28(35)36)23(27(33)34)20(26(22)40-25)15-7-5-14(11-31)6-8-15/h5-10H,1-4H3,(H,33,34)(H,35,36)/b17-10-. The Morgan fingerprint density at radius 2 is 1.55 bits per heavy atom. The van der Waals surface area contributed by atoms with Gasteiger partial charge in [-0.3, -0.25) is 0 Å². The third kappa shape index (κ3) is 4.42. The fourth-order valence-corrected chi connectivity index (χ4v) is 4.81. The Balaban J connectivity index is 2.43. The normalized spacial score (nSPS) is 11.3. The van der Waals surface area contributed by atoms with Gasteiger partial charge in [0.2, 0.25) is 0 Å². The quantitative estimate of drug-likeness (QED) is 0.226. The Kier molecular flexibility index (Phi) is 7.36. The van der Waals surface area contributed by atoms with Gasteiger partial charge in [0.15, 0.2) is 0 Å². The third-order valence-corrected chi connectivity index (χ3v) is 6.97. The molecule has 0 spiro atoms. The summed E-state index contributed by atoms with van der Waals surface area (Å²) >= 11 is 6.49. The van der Waals surface area contributed by atoms with E-state index in [4.69, 9.17) is 20.8 Å². The number of ether oxygens (including phenoxy) is 2. The van der Waals surface area contributed by atoms with Gasteiger partial charge in [0, 0.05) is 33.0 Å². The summed E-state index contributed by atoms with van der Waals surface area (Å²) in [6.45, 7) is 3.46. The number of halogens is 1. The number of nitriles is 1. The number of hydrogen-bond donors (Lipinski definition) is 2. The number of fused-ring (bicyclic) bond motifs is 3. The maximum Gasteiger partial charge on any atom is 0.338 e. The summed E-state index contributed by atoms with van der Waals surface area (Å²) in [5.74, 6) is -5.49. The molecule has 0 unspecified atom stereocenters. The first-order valence-electron chi connectivity index (χ1n) is 11.5. The molecular weight excluding hydrogens is 542 g/mol. The number of aryl methyl sites for hydroxylation is 1. The molecule has 1 aromatic heterocycles. The van der Waals surface area contributed by atoms with Gasteiger partial charge in [0.25, 0.3) is 0 Å². The predicted octanol–water partition coefficient (Wildman–Crippen LogP) is 5.52. The van der Waals surface area contributed by atoms with Crippen molar-refractivity contribution < 1.29 is 43.3 Å². The Morgan fingerprint density at radius 3 is 2.08 bits per heavy atom. The van der Waals surface area contributed by atoms with Crippen molar-refractivity contribution >= 4 is 63.0 Å². The molecule has 2 N–H and O–H groups in total. The van der Waals surface area contributed by atoms with Gasteiger partial charge < -0.3 is 24.1 Å². The topological polar surface area (TPSA) is 164 Å². The van der Waals surface area contributed by atoms with Crippen molar-refractivity contribution in [2.24, 2.45) is 0 Å². The van der Waals surface area contributed by atoms with Crippen LogP contribution in [-0.4, -0.2) is 48.3 Å². The first-order valence-corrected chi connectivity index (χ1v) is 11.9. The van der Waals surface area contributed by atoms with E-state index in [1.54, 1.807) is 13.8 Å². The SMILES string of the molecule is COC(=O)/C=C(\C(=O)OC)c1c(C(=O)O)c(C(=O)O)c(-c2ccc(C#N)cc2)c2oc3c(C)c(C)c(Cl)cc3c12. The van der Waals surface area contributed by atoms with E-state index in [-0.39, 0.29) is 38.6 Å². The fraction of sp³-hybridized carbons (Fsp3) is 0.138. The molecule has 0 bridgehead atoms.